The summed E-state index contributed by atoms with van der Waals surface area (Å²) < 4.78 is 1.60. The van der Waals surface area contributed by atoms with Crippen molar-refractivity contribution < 1.29 is 0 Å². The van der Waals surface area contributed by atoms with E-state index in [9.17, 15) is 0 Å². The molecule has 0 saturated carbocycles. The van der Waals surface area contributed by atoms with E-state index in [0.29, 0.717) is 10.9 Å². The fourth-order valence-corrected chi connectivity index (χ4v) is 2.33. The zero-order valence-corrected chi connectivity index (χ0v) is 9.42. The second kappa shape index (κ2) is 4.51. The molecule has 2 aromatic rings. The summed E-state index contributed by atoms with van der Waals surface area (Å²) in [4.78, 5) is 0. The molecule has 3 N–H and O–H groups in total. The van der Waals surface area contributed by atoms with Crippen molar-refractivity contribution in [3.8, 4) is 0 Å². The maximum absolute atomic E-state index is 5.19. The average Bonchev–Trinajstić information content (AvgIpc) is 2.84. The number of rotatable bonds is 4. The van der Waals surface area contributed by atoms with Crippen LogP contribution in [-0.2, 0) is 12.8 Å². The lowest BCUT2D eigenvalue weighted by Gasteiger charge is -1.94. The van der Waals surface area contributed by atoms with Crippen LogP contribution in [0.2, 0.25) is 0 Å². The Kier molecular flexibility index (Phi) is 3.08. The molecular formula is C5H8N8S2. The van der Waals surface area contributed by atoms with Gasteiger partial charge in [-0.3, -0.25) is 5.43 Å². The maximum atomic E-state index is 5.19. The van der Waals surface area contributed by atoms with Crippen LogP contribution >= 0.6 is 23.1 Å². The van der Waals surface area contributed by atoms with E-state index in [1.54, 1.807) is 11.7 Å². The van der Waals surface area contributed by atoms with Crippen molar-refractivity contribution in [3.63, 3.8) is 0 Å². The van der Waals surface area contributed by atoms with Crippen LogP contribution in [-0.4, -0.2) is 30.4 Å². The SMILES string of the molecule is Cn1nnnc1SCc1nnc(NN)s1. The molecule has 0 radical (unpaired) electrons. The van der Waals surface area contributed by atoms with E-state index in [4.69, 9.17) is 5.84 Å². The molecule has 0 amide bonds. The Morgan fingerprint density at radius 3 is 2.93 bits per heavy atom. The molecule has 0 bridgehead atoms. The van der Waals surface area contributed by atoms with E-state index in [0.717, 1.165) is 10.2 Å². The van der Waals surface area contributed by atoms with Crippen LogP contribution in [0.1, 0.15) is 5.01 Å². The van der Waals surface area contributed by atoms with Gasteiger partial charge in [-0.2, -0.15) is 0 Å². The minimum absolute atomic E-state index is 0.599. The van der Waals surface area contributed by atoms with Crippen molar-refractivity contribution in [1.29, 1.82) is 0 Å². The van der Waals surface area contributed by atoms with Gasteiger partial charge in [0.2, 0.25) is 10.3 Å². The molecular weight excluding hydrogens is 236 g/mol. The van der Waals surface area contributed by atoms with Crippen molar-refractivity contribution in [2.45, 2.75) is 10.9 Å². The summed E-state index contributed by atoms with van der Waals surface area (Å²) in [7, 11) is 1.79. The standard InChI is InChI=1S/C5H8N8S2/c1-13-5(10-11-12-13)14-2-3-8-9-4(7-6)15-3/h2,6H2,1H3,(H,7,9). The van der Waals surface area contributed by atoms with Crippen LogP contribution in [0.4, 0.5) is 5.13 Å². The number of aryl methyl sites for hydroxylation is 1. The van der Waals surface area contributed by atoms with Crippen LogP contribution in [0.3, 0.4) is 0 Å². The summed E-state index contributed by atoms with van der Waals surface area (Å²) in [6.07, 6.45) is 0. The van der Waals surface area contributed by atoms with Gasteiger partial charge in [0.1, 0.15) is 5.01 Å². The Hall–Kier alpha value is -1.26. The molecule has 15 heavy (non-hydrogen) atoms. The lowest BCUT2D eigenvalue weighted by atomic mass is 10.9. The van der Waals surface area contributed by atoms with E-state index in [1.807, 2.05) is 0 Å². The molecule has 0 saturated heterocycles. The number of hydrazine groups is 1. The monoisotopic (exact) mass is 244 g/mol. The molecule has 0 aliphatic rings. The number of hydrogen-bond donors (Lipinski definition) is 2. The van der Waals surface area contributed by atoms with Gasteiger partial charge in [0.25, 0.3) is 0 Å². The van der Waals surface area contributed by atoms with Gasteiger partial charge in [-0.05, 0) is 10.4 Å². The molecule has 2 rings (SSSR count). The molecule has 2 aromatic heterocycles. The Bertz CT molecular complexity index is 436. The van der Waals surface area contributed by atoms with Crippen molar-refractivity contribution in [2.75, 3.05) is 5.43 Å². The lowest BCUT2D eigenvalue weighted by Crippen LogP contribution is -2.05. The first-order valence-corrected chi connectivity index (χ1v) is 5.74. The molecule has 80 valence electrons. The maximum Gasteiger partial charge on any atom is 0.219 e. The molecule has 0 spiro atoms. The van der Waals surface area contributed by atoms with Gasteiger partial charge >= 0.3 is 0 Å². The Balaban J connectivity index is 1.96. The van der Waals surface area contributed by atoms with Gasteiger partial charge < -0.3 is 0 Å². The first-order valence-electron chi connectivity index (χ1n) is 3.93. The summed E-state index contributed by atoms with van der Waals surface area (Å²) in [5.74, 6) is 5.87. The second-order valence-electron chi connectivity index (χ2n) is 2.52. The van der Waals surface area contributed by atoms with Crippen LogP contribution in [0.25, 0.3) is 0 Å². The molecule has 0 fully saturated rings. The number of hydrogen-bond acceptors (Lipinski definition) is 9. The number of nitrogens with one attached hydrogen (secondary N) is 1. The molecule has 8 nitrogen and oxygen atoms in total. The van der Waals surface area contributed by atoms with Crippen molar-refractivity contribution in [2.24, 2.45) is 12.9 Å². The van der Waals surface area contributed by atoms with Gasteiger partial charge in [0, 0.05) is 7.05 Å². The van der Waals surface area contributed by atoms with Crippen molar-refractivity contribution in [1.82, 2.24) is 30.4 Å². The molecule has 10 heteroatoms. The van der Waals surface area contributed by atoms with Crippen LogP contribution < -0.4 is 11.3 Å². The van der Waals surface area contributed by atoms with Gasteiger partial charge in [0.05, 0.1) is 5.75 Å². The fourth-order valence-electron chi connectivity index (χ4n) is 0.840. The highest BCUT2D eigenvalue weighted by molar-refractivity contribution is 7.98. The number of nitrogen functional groups attached to an aromatic ring is 1. The number of anilines is 1. The van der Waals surface area contributed by atoms with Gasteiger partial charge in [-0.15, -0.1) is 15.3 Å². The van der Waals surface area contributed by atoms with Crippen molar-refractivity contribution in [3.05, 3.63) is 5.01 Å². The number of aromatic nitrogens is 6. The quantitative estimate of drug-likeness (QED) is 0.426. The van der Waals surface area contributed by atoms with E-state index in [2.05, 4.69) is 31.1 Å². The summed E-state index contributed by atoms with van der Waals surface area (Å²) >= 11 is 2.90. The van der Waals surface area contributed by atoms with Crippen LogP contribution in [0.5, 0.6) is 0 Å². The number of thioether (sulfide) groups is 1. The Morgan fingerprint density at radius 1 is 1.47 bits per heavy atom. The number of nitrogens with zero attached hydrogens (tertiary/aromatic N) is 6. The molecule has 0 aromatic carbocycles. The third-order valence-electron chi connectivity index (χ3n) is 1.50. The van der Waals surface area contributed by atoms with Crippen LogP contribution in [0, 0.1) is 0 Å². The fraction of sp³-hybridized carbons (Fsp3) is 0.400. The summed E-state index contributed by atoms with van der Waals surface area (Å²) in [6, 6.07) is 0. The lowest BCUT2D eigenvalue weighted by molar-refractivity contribution is 0.664. The molecule has 0 unspecified atom stereocenters. The minimum Gasteiger partial charge on any atom is -0.298 e. The van der Waals surface area contributed by atoms with E-state index >= 15 is 0 Å². The normalized spacial score (nSPS) is 10.5. The van der Waals surface area contributed by atoms with E-state index < -0.39 is 0 Å². The van der Waals surface area contributed by atoms with Crippen molar-refractivity contribution >= 4 is 28.2 Å². The molecule has 0 atom stereocenters. The molecule has 0 aliphatic carbocycles. The summed E-state index contributed by atoms with van der Waals surface area (Å²) in [5, 5.41) is 21.1. The molecule has 0 aliphatic heterocycles. The zero-order chi connectivity index (χ0) is 10.7. The largest absolute Gasteiger partial charge is 0.298 e. The molecule has 2 heterocycles. The number of tetrazole rings is 1. The first-order chi connectivity index (χ1) is 7.29. The van der Waals surface area contributed by atoms with Gasteiger partial charge in [0.15, 0.2) is 0 Å². The third-order valence-corrected chi connectivity index (χ3v) is 3.56. The Morgan fingerprint density at radius 2 is 2.33 bits per heavy atom. The highest BCUT2D eigenvalue weighted by Crippen LogP contribution is 2.22. The first kappa shape index (κ1) is 10.3. The van der Waals surface area contributed by atoms with Crippen LogP contribution in [0.15, 0.2) is 5.16 Å². The third kappa shape index (κ3) is 2.40. The summed E-state index contributed by atoms with van der Waals surface area (Å²) in [6.45, 7) is 0. The van der Waals surface area contributed by atoms with Gasteiger partial charge in [-0.1, -0.05) is 23.1 Å². The zero-order valence-electron chi connectivity index (χ0n) is 7.78. The smallest absolute Gasteiger partial charge is 0.219 e. The minimum atomic E-state index is 0.599. The van der Waals surface area contributed by atoms with Gasteiger partial charge in [-0.25, -0.2) is 10.5 Å². The average molecular weight is 244 g/mol. The predicted octanol–water partition coefficient (Wildman–Crippen LogP) is -0.361. The second-order valence-corrected chi connectivity index (χ2v) is 4.52. The van der Waals surface area contributed by atoms with E-state index in [1.165, 1.54) is 23.1 Å². The number of nitrogens with two attached hydrogens (primary N) is 1. The summed E-state index contributed by atoms with van der Waals surface area (Å²) in [5.41, 5.74) is 2.44. The van der Waals surface area contributed by atoms with E-state index in [-0.39, 0.29) is 0 Å². The Labute approximate surface area is 93.2 Å². The highest BCUT2D eigenvalue weighted by Gasteiger charge is 2.07. The predicted molar refractivity (Wildman–Crippen MR) is 56.1 cm³/mol. The topological polar surface area (TPSA) is 107 Å². The highest BCUT2D eigenvalue weighted by atomic mass is 32.2.